The molecule has 1 aromatic rings. The van der Waals surface area contributed by atoms with Gasteiger partial charge in [-0.2, -0.15) is 0 Å². The van der Waals surface area contributed by atoms with Crippen molar-refractivity contribution in [3.8, 4) is 0 Å². The summed E-state index contributed by atoms with van der Waals surface area (Å²) in [7, 11) is 0. The summed E-state index contributed by atoms with van der Waals surface area (Å²) in [5.41, 5.74) is -0.152. The molecule has 0 saturated heterocycles. The Morgan fingerprint density at radius 1 is 1.38 bits per heavy atom. The van der Waals surface area contributed by atoms with Crippen LogP contribution in [0.25, 0.3) is 0 Å². The van der Waals surface area contributed by atoms with Gasteiger partial charge in [-0.15, -0.1) is 0 Å². The lowest BCUT2D eigenvalue weighted by atomic mass is 9.88. The molecule has 0 saturated carbocycles. The SMILES string of the molecule is CC(n1c(=O)[nH][nH]c1=S)C(C)(C)C. The van der Waals surface area contributed by atoms with Gasteiger partial charge in [0.1, 0.15) is 0 Å². The van der Waals surface area contributed by atoms with Crippen molar-refractivity contribution in [1.82, 2.24) is 14.8 Å². The number of hydrogen-bond donors (Lipinski definition) is 2. The molecule has 1 unspecified atom stereocenters. The zero-order valence-corrected chi connectivity index (χ0v) is 9.16. The maximum Gasteiger partial charge on any atom is 0.342 e. The number of nitrogens with zero attached hydrogens (tertiary/aromatic N) is 1. The van der Waals surface area contributed by atoms with Crippen LogP contribution in [0.15, 0.2) is 4.79 Å². The third-order valence-electron chi connectivity index (χ3n) is 2.35. The van der Waals surface area contributed by atoms with Crippen molar-refractivity contribution in [3.05, 3.63) is 15.3 Å². The molecule has 0 fully saturated rings. The minimum Gasteiger partial charge on any atom is -0.272 e. The molecule has 1 heterocycles. The van der Waals surface area contributed by atoms with Gasteiger partial charge >= 0.3 is 5.69 Å². The van der Waals surface area contributed by atoms with Crippen LogP contribution in [0.5, 0.6) is 0 Å². The minimum atomic E-state index is -0.174. The van der Waals surface area contributed by atoms with E-state index in [1.54, 1.807) is 4.57 Å². The largest absolute Gasteiger partial charge is 0.342 e. The van der Waals surface area contributed by atoms with E-state index in [0.717, 1.165) is 0 Å². The maximum atomic E-state index is 11.3. The molecule has 1 aromatic heterocycles. The van der Waals surface area contributed by atoms with Gasteiger partial charge < -0.3 is 0 Å². The van der Waals surface area contributed by atoms with E-state index in [0.29, 0.717) is 4.77 Å². The summed E-state index contributed by atoms with van der Waals surface area (Å²) in [5.74, 6) is 0. The van der Waals surface area contributed by atoms with Gasteiger partial charge in [0.25, 0.3) is 0 Å². The molecule has 0 bridgehead atoms. The molecule has 0 aromatic carbocycles. The van der Waals surface area contributed by atoms with Crippen LogP contribution >= 0.6 is 12.2 Å². The fraction of sp³-hybridized carbons (Fsp3) is 0.750. The fourth-order valence-corrected chi connectivity index (χ4v) is 1.35. The van der Waals surface area contributed by atoms with Crippen LogP contribution in [-0.4, -0.2) is 14.8 Å². The van der Waals surface area contributed by atoms with Gasteiger partial charge in [0.2, 0.25) is 0 Å². The highest BCUT2D eigenvalue weighted by Gasteiger charge is 2.23. The summed E-state index contributed by atoms with van der Waals surface area (Å²) in [6.45, 7) is 8.21. The predicted molar refractivity (Wildman–Crippen MR) is 54.4 cm³/mol. The molecular weight excluding hydrogens is 186 g/mol. The van der Waals surface area contributed by atoms with E-state index in [9.17, 15) is 4.79 Å². The Morgan fingerprint density at radius 3 is 2.23 bits per heavy atom. The summed E-state index contributed by atoms with van der Waals surface area (Å²) in [5, 5.41) is 5.10. The van der Waals surface area contributed by atoms with E-state index in [1.165, 1.54) is 0 Å². The fourth-order valence-electron chi connectivity index (χ4n) is 1.06. The topological polar surface area (TPSA) is 53.6 Å². The van der Waals surface area contributed by atoms with E-state index in [-0.39, 0.29) is 17.1 Å². The molecule has 2 N–H and O–H groups in total. The first-order valence-corrected chi connectivity index (χ1v) is 4.64. The van der Waals surface area contributed by atoms with Crippen molar-refractivity contribution in [1.29, 1.82) is 0 Å². The number of aromatic nitrogens is 3. The summed E-state index contributed by atoms with van der Waals surface area (Å²) >= 11 is 4.99. The van der Waals surface area contributed by atoms with Crippen molar-refractivity contribution in [2.24, 2.45) is 5.41 Å². The molecule has 0 amide bonds. The Labute approximate surface area is 82.0 Å². The molecule has 0 aliphatic heterocycles. The van der Waals surface area contributed by atoms with Gasteiger partial charge in [-0.05, 0) is 24.6 Å². The average Bonchev–Trinajstić information content (AvgIpc) is 2.28. The molecule has 5 heteroatoms. The van der Waals surface area contributed by atoms with Crippen LogP contribution in [0.2, 0.25) is 0 Å². The van der Waals surface area contributed by atoms with Crippen LogP contribution in [-0.2, 0) is 0 Å². The first-order chi connectivity index (χ1) is 5.84. The second-order valence-electron chi connectivity index (χ2n) is 4.27. The Hall–Kier alpha value is -0.840. The monoisotopic (exact) mass is 201 g/mol. The molecule has 74 valence electrons. The second kappa shape index (κ2) is 3.14. The molecular formula is C8H15N3OS. The lowest BCUT2D eigenvalue weighted by Crippen LogP contribution is -2.29. The lowest BCUT2D eigenvalue weighted by molar-refractivity contribution is 0.255. The highest BCUT2D eigenvalue weighted by Crippen LogP contribution is 2.28. The normalized spacial score (nSPS) is 14.5. The van der Waals surface area contributed by atoms with Crippen molar-refractivity contribution in [2.75, 3.05) is 0 Å². The number of hydrogen-bond acceptors (Lipinski definition) is 2. The average molecular weight is 201 g/mol. The molecule has 1 rings (SSSR count). The summed E-state index contributed by atoms with van der Waals surface area (Å²) < 4.78 is 2.02. The summed E-state index contributed by atoms with van der Waals surface area (Å²) in [6, 6.07) is 0.0787. The highest BCUT2D eigenvalue weighted by molar-refractivity contribution is 7.71. The number of H-pyrrole nitrogens is 2. The minimum absolute atomic E-state index is 0.0213. The third kappa shape index (κ3) is 1.91. The van der Waals surface area contributed by atoms with Gasteiger partial charge in [-0.25, -0.2) is 9.89 Å². The van der Waals surface area contributed by atoms with Gasteiger partial charge in [0, 0.05) is 6.04 Å². The van der Waals surface area contributed by atoms with E-state index in [4.69, 9.17) is 12.2 Å². The van der Waals surface area contributed by atoms with E-state index in [1.807, 2.05) is 6.92 Å². The molecule has 0 radical (unpaired) electrons. The number of rotatable bonds is 1. The number of aromatic amines is 2. The van der Waals surface area contributed by atoms with E-state index < -0.39 is 0 Å². The zero-order valence-electron chi connectivity index (χ0n) is 8.34. The molecule has 0 aliphatic carbocycles. The van der Waals surface area contributed by atoms with Crippen molar-refractivity contribution >= 4 is 12.2 Å². The Morgan fingerprint density at radius 2 is 1.92 bits per heavy atom. The first kappa shape index (κ1) is 10.2. The van der Waals surface area contributed by atoms with Crippen LogP contribution in [0, 0.1) is 10.2 Å². The Balaban J connectivity index is 3.24. The second-order valence-corrected chi connectivity index (χ2v) is 4.66. The van der Waals surface area contributed by atoms with Crippen LogP contribution in [0.1, 0.15) is 33.7 Å². The quantitative estimate of drug-likeness (QED) is 0.681. The first-order valence-electron chi connectivity index (χ1n) is 4.23. The molecule has 0 aliphatic rings. The van der Waals surface area contributed by atoms with Gasteiger partial charge in [-0.3, -0.25) is 9.67 Å². The summed E-state index contributed by atoms with van der Waals surface area (Å²) in [6.07, 6.45) is 0. The van der Waals surface area contributed by atoms with E-state index >= 15 is 0 Å². The highest BCUT2D eigenvalue weighted by atomic mass is 32.1. The Bertz CT molecular complexity index is 365. The predicted octanol–water partition coefficient (Wildman–Crippen LogP) is 1.84. The van der Waals surface area contributed by atoms with Crippen molar-refractivity contribution in [3.63, 3.8) is 0 Å². The molecule has 0 spiro atoms. The van der Waals surface area contributed by atoms with Gasteiger partial charge in [-0.1, -0.05) is 20.8 Å². The van der Waals surface area contributed by atoms with Crippen molar-refractivity contribution in [2.45, 2.75) is 33.7 Å². The molecule has 13 heavy (non-hydrogen) atoms. The van der Waals surface area contributed by atoms with Gasteiger partial charge in [0.15, 0.2) is 4.77 Å². The van der Waals surface area contributed by atoms with Crippen LogP contribution in [0.4, 0.5) is 0 Å². The molecule has 4 nitrogen and oxygen atoms in total. The van der Waals surface area contributed by atoms with E-state index in [2.05, 4.69) is 31.0 Å². The number of nitrogens with one attached hydrogen (secondary N) is 2. The van der Waals surface area contributed by atoms with Gasteiger partial charge in [0.05, 0.1) is 0 Å². The maximum absolute atomic E-state index is 11.3. The van der Waals surface area contributed by atoms with Crippen LogP contribution < -0.4 is 5.69 Å². The Kier molecular flexibility index (Phi) is 2.47. The smallest absolute Gasteiger partial charge is 0.272 e. The zero-order chi connectivity index (χ0) is 10.2. The molecule has 1 atom stereocenters. The third-order valence-corrected chi connectivity index (χ3v) is 2.65. The standard InChI is InChI=1S/C8H15N3OS/c1-5(8(2,3)4)11-6(12)9-10-7(11)13/h5H,1-4H3,(H,9,12)(H,10,13). The van der Waals surface area contributed by atoms with Crippen molar-refractivity contribution < 1.29 is 0 Å². The van der Waals surface area contributed by atoms with Crippen LogP contribution in [0.3, 0.4) is 0 Å². The lowest BCUT2D eigenvalue weighted by Gasteiger charge is -2.27. The summed E-state index contributed by atoms with van der Waals surface area (Å²) in [4.78, 5) is 11.3.